The molecule has 2 aliphatic heterocycles. The Bertz CT molecular complexity index is 1010. The summed E-state index contributed by atoms with van der Waals surface area (Å²) in [6.45, 7) is 0. The number of carbonyl (C=O) groups excluding carboxylic acids is 1. The molecule has 1 amide bonds. The van der Waals surface area contributed by atoms with Gasteiger partial charge in [-0.3, -0.25) is 4.79 Å². The third-order valence-electron chi connectivity index (χ3n) is 4.62. The first-order chi connectivity index (χ1) is 13.0. The number of sulfone groups is 1. The summed E-state index contributed by atoms with van der Waals surface area (Å²) in [4.78, 5) is 18.8. The molecule has 8 heteroatoms. The number of amides is 1. The number of thioether (sulfide) groups is 1. The topological polar surface area (TPSA) is 76.0 Å². The van der Waals surface area contributed by atoms with Gasteiger partial charge >= 0.3 is 0 Å². The van der Waals surface area contributed by atoms with E-state index < -0.39 is 9.84 Å². The van der Waals surface area contributed by atoms with Crippen LogP contribution in [0.2, 0.25) is 0 Å². The van der Waals surface area contributed by atoms with Gasteiger partial charge in [0.1, 0.15) is 5.75 Å². The molecule has 2 heterocycles. The van der Waals surface area contributed by atoms with Gasteiger partial charge in [-0.15, -0.1) is 0 Å². The summed E-state index contributed by atoms with van der Waals surface area (Å²) in [6, 6.07) is 16.0. The zero-order valence-corrected chi connectivity index (χ0v) is 16.2. The number of rotatable bonds is 3. The number of methoxy groups -OCH3 is 1. The van der Waals surface area contributed by atoms with Gasteiger partial charge in [0.2, 0.25) is 0 Å². The van der Waals surface area contributed by atoms with Crippen molar-refractivity contribution in [3.05, 3.63) is 60.2 Å². The second-order valence-electron chi connectivity index (χ2n) is 6.44. The van der Waals surface area contributed by atoms with Crippen LogP contribution in [0.5, 0.6) is 5.75 Å². The van der Waals surface area contributed by atoms with Crippen LogP contribution in [0.3, 0.4) is 0 Å². The van der Waals surface area contributed by atoms with Gasteiger partial charge in [0.25, 0.3) is 5.91 Å². The maximum atomic E-state index is 12.6. The maximum absolute atomic E-state index is 12.6. The molecule has 0 aromatic heterocycles. The highest BCUT2D eigenvalue weighted by atomic mass is 32.2. The van der Waals surface area contributed by atoms with E-state index in [0.717, 1.165) is 5.69 Å². The fraction of sp³-hybridized carbons (Fsp3) is 0.263. The number of fused-ring (bicyclic) bond motifs is 1. The Morgan fingerprint density at radius 2 is 1.93 bits per heavy atom. The molecule has 0 spiro atoms. The molecule has 2 aromatic rings. The predicted octanol–water partition coefficient (Wildman–Crippen LogP) is 2.61. The van der Waals surface area contributed by atoms with Crippen LogP contribution in [0.25, 0.3) is 0 Å². The van der Waals surface area contributed by atoms with E-state index in [1.165, 1.54) is 11.8 Å². The molecular formula is C19H18N2O4S2. The third kappa shape index (κ3) is 3.59. The normalized spacial score (nSPS) is 24.8. The van der Waals surface area contributed by atoms with Crippen molar-refractivity contribution >= 4 is 38.4 Å². The summed E-state index contributed by atoms with van der Waals surface area (Å²) in [5.41, 5.74) is 1.27. The van der Waals surface area contributed by atoms with Crippen molar-refractivity contribution < 1.29 is 17.9 Å². The molecule has 2 saturated heterocycles. The van der Waals surface area contributed by atoms with Gasteiger partial charge in [0.15, 0.2) is 15.0 Å². The van der Waals surface area contributed by atoms with Crippen LogP contribution in [0.1, 0.15) is 10.4 Å². The number of hydrogen-bond donors (Lipinski definition) is 0. The van der Waals surface area contributed by atoms with Crippen LogP contribution < -0.4 is 9.64 Å². The minimum atomic E-state index is -3.10. The van der Waals surface area contributed by atoms with Crippen LogP contribution in [-0.4, -0.2) is 49.4 Å². The first-order valence-electron chi connectivity index (χ1n) is 8.45. The van der Waals surface area contributed by atoms with Crippen LogP contribution >= 0.6 is 11.8 Å². The van der Waals surface area contributed by atoms with Crippen molar-refractivity contribution in [3.63, 3.8) is 0 Å². The van der Waals surface area contributed by atoms with Gasteiger partial charge < -0.3 is 9.64 Å². The largest absolute Gasteiger partial charge is 0.497 e. The SMILES string of the molecule is COc1cccc(N2C(=NC(=O)c3ccccc3)S[C@H]3CS(=O)(=O)C[C@@H]32)c1. The summed E-state index contributed by atoms with van der Waals surface area (Å²) in [5, 5.41) is 0.394. The molecule has 0 radical (unpaired) electrons. The van der Waals surface area contributed by atoms with Crippen molar-refractivity contribution in [2.24, 2.45) is 4.99 Å². The van der Waals surface area contributed by atoms with Gasteiger partial charge in [0.05, 0.1) is 24.7 Å². The van der Waals surface area contributed by atoms with E-state index in [4.69, 9.17) is 4.74 Å². The van der Waals surface area contributed by atoms with Gasteiger partial charge in [-0.25, -0.2) is 8.42 Å². The second-order valence-corrected chi connectivity index (χ2v) is 9.80. The lowest BCUT2D eigenvalue weighted by Crippen LogP contribution is -2.37. The summed E-state index contributed by atoms with van der Waals surface area (Å²) in [6.07, 6.45) is 0. The van der Waals surface area contributed by atoms with E-state index in [9.17, 15) is 13.2 Å². The maximum Gasteiger partial charge on any atom is 0.279 e. The molecule has 0 saturated carbocycles. The lowest BCUT2D eigenvalue weighted by molar-refractivity contribution is 0.100. The van der Waals surface area contributed by atoms with Crippen molar-refractivity contribution in [1.82, 2.24) is 0 Å². The van der Waals surface area contributed by atoms with E-state index in [1.807, 2.05) is 35.2 Å². The van der Waals surface area contributed by atoms with Gasteiger partial charge in [-0.05, 0) is 24.3 Å². The minimum absolute atomic E-state index is 0.0560. The molecule has 0 N–H and O–H groups in total. The number of carbonyl (C=O) groups is 1. The minimum Gasteiger partial charge on any atom is -0.497 e. The number of amidine groups is 1. The molecule has 0 unspecified atom stereocenters. The van der Waals surface area contributed by atoms with E-state index in [2.05, 4.69) is 4.99 Å². The van der Waals surface area contributed by atoms with E-state index in [1.54, 1.807) is 31.4 Å². The third-order valence-corrected chi connectivity index (χ3v) is 7.83. The average molecular weight is 402 g/mol. The van der Waals surface area contributed by atoms with Crippen LogP contribution in [0.4, 0.5) is 5.69 Å². The van der Waals surface area contributed by atoms with Crippen molar-refractivity contribution in [2.75, 3.05) is 23.5 Å². The highest BCUT2D eigenvalue weighted by Crippen LogP contribution is 2.41. The van der Waals surface area contributed by atoms with Crippen molar-refractivity contribution in [3.8, 4) is 5.75 Å². The number of hydrogen-bond acceptors (Lipinski definition) is 5. The number of benzene rings is 2. The predicted molar refractivity (Wildman–Crippen MR) is 108 cm³/mol. The summed E-state index contributed by atoms with van der Waals surface area (Å²) in [5.74, 6) is 0.478. The molecule has 0 bridgehead atoms. The van der Waals surface area contributed by atoms with Gasteiger partial charge in [-0.2, -0.15) is 4.99 Å². The fourth-order valence-electron chi connectivity index (χ4n) is 3.36. The Balaban J connectivity index is 1.74. The van der Waals surface area contributed by atoms with Crippen molar-refractivity contribution in [2.45, 2.75) is 11.3 Å². The fourth-order valence-corrected chi connectivity index (χ4v) is 7.27. The molecular weight excluding hydrogens is 384 g/mol. The van der Waals surface area contributed by atoms with Crippen LogP contribution in [0.15, 0.2) is 59.6 Å². The first-order valence-corrected chi connectivity index (χ1v) is 11.2. The molecule has 2 aromatic carbocycles. The van der Waals surface area contributed by atoms with Crippen LogP contribution in [-0.2, 0) is 9.84 Å². The smallest absolute Gasteiger partial charge is 0.279 e. The quantitative estimate of drug-likeness (QED) is 0.786. The summed E-state index contributed by atoms with van der Waals surface area (Å²) in [7, 11) is -1.52. The van der Waals surface area contributed by atoms with Gasteiger partial charge in [-0.1, -0.05) is 36.0 Å². The average Bonchev–Trinajstić information content (AvgIpc) is 3.13. The molecule has 2 fully saturated rings. The number of ether oxygens (including phenoxy) is 1. The Morgan fingerprint density at radius 1 is 1.15 bits per heavy atom. The lowest BCUT2D eigenvalue weighted by Gasteiger charge is -2.24. The highest BCUT2D eigenvalue weighted by molar-refractivity contribution is 8.16. The first kappa shape index (κ1) is 18.1. The monoisotopic (exact) mass is 402 g/mol. The molecule has 0 aliphatic carbocycles. The molecule has 2 aliphatic rings. The standard InChI is InChI=1S/C19H18N2O4S2/c1-25-15-9-5-8-14(10-15)21-16-11-27(23,24)12-17(16)26-19(21)20-18(22)13-6-3-2-4-7-13/h2-10,16-17H,11-12H2,1H3/t16-,17-/m0/s1. The van der Waals surface area contributed by atoms with Crippen molar-refractivity contribution in [1.29, 1.82) is 0 Å². The van der Waals surface area contributed by atoms with E-state index in [-0.39, 0.29) is 28.7 Å². The zero-order valence-electron chi connectivity index (χ0n) is 14.6. The Kier molecular flexibility index (Phi) is 4.69. The van der Waals surface area contributed by atoms with Crippen LogP contribution in [0, 0.1) is 0 Å². The highest BCUT2D eigenvalue weighted by Gasteiger charge is 2.49. The Labute approximate surface area is 162 Å². The molecule has 4 rings (SSSR count). The Hall–Kier alpha value is -2.32. The summed E-state index contributed by atoms with van der Waals surface area (Å²) >= 11 is 1.36. The van der Waals surface area contributed by atoms with Gasteiger partial charge in [0, 0.05) is 22.6 Å². The molecule has 2 atom stereocenters. The number of aliphatic imine (C=N–C) groups is 1. The second kappa shape index (κ2) is 7.01. The zero-order chi connectivity index (χ0) is 19.0. The van der Waals surface area contributed by atoms with E-state index in [0.29, 0.717) is 16.5 Å². The lowest BCUT2D eigenvalue weighted by atomic mass is 10.2. The molecule has 140 valence electrons. The Morgan fingerprint density at radius 3 is 2.67 bits per heavy atom. The number of nitrogens with zero attached hydrogens (tertiary/aromatic N) is 2. The van der Waals surface area contributed by atoms with E-state index >= 15 is 0 Å². The molecule has 6 nitrogen and oxygen atoms in total. The number of anilines is 1. The summed E-state index contributed by atoms with van der Waals surface area (Å²) < 4.78 is 29.5. The molecule has 27 heavy (non-hydrogen) atoms.